The molecule has 8 nitrogen and oxygen atoms in total. The average Bonchev–Trinajstić information content (AvgIpc) is 3.16. The number of halogens is 3. The number of ether oxygens (including phenoxy) is 2. The highest BCUT2D eigenvalue weighted by Gasteiger charge is 2.43. The molecule has 1 unspecified atom stereocenters. The van der Waals surface area contributed by atoms with Gasteiger partial charge in [0.15, 0.2) is 6.10 Å². The Morgan fingerprint density at radius 3 is 2.45 bits per heavy atom. The van der Waals surface area contributed by atoms with E-state index in [4.69, 9.17) is 9.47 Å². The van der Waals surface area contributed by atoms with Crippen molar-refractivity contribution in [2.45, 2.75) is 39.0 Å². The molecule has 0 aliphatic heterocycles. The third kappa shape index (κ3) is 5.59. The van der Waals surface area contributed by atoms with Crippen LogP contribution in [-0.2, 0) is 7.05 Å². The summed E-state index contributed by atoms with van der Waals surface area (Å²) in [6, 6.07) is 3.70. The summed E-state index contributed by atoms with van der Waals surface area (Å²) >= 11 is 0. The molecule has 11 heteroatoms. The van der Waals surface area contributed by atoms with Gasteiger partial charge in [0, 0.05) is 36.6 Å². The molecule has 0 radical (unpaired) electrons. The number of alkyl halides is 3. The van der Waals surface area contributed by atoms with Gasteiger partial charge in [0.05, 0.1) is 25.5 Å². The number of rotatable bonds is 8. The third-order valence-electron chi connectivity index (χ3n) is 5.39. The lowest BCUT2D eigenvalue weighted by Crippen LogP contribution is -2.21. The molecule has 3 aromatic heterocycles. The Labute approximate surface area is 189 Å². The molecule has 0 amide bonds. The summed E-state index contributed by atoms with van der Waals surface area (Å²) in [4.78, 5) is 12.8. The van der Waals surface area contributed by atoms with Crippen LogP contribution < -0.4 is 9.47 Å². The Kier molecular flexibility index (Phi) is 7.21. The summed E-state index contributed by atoms with van der Waals surface area (Å²) in [5.74, 6) is 1.21. The van der Waals surface area contributed by atoms with E-state index in [0.717, 1.165) is 5.69 Å². The topological polar surface area (TPSA) is 95.2 Å². The van der Waals surface area contributed by atoms with E-state index in [-0.39, 0.29) is 35.4 Å². The number of nitrogens with zero attached hydrogens (tertiary/aromatic N) is 5. The van der Waals surface area contributed by atoms with Gasteiger partial charge in [-0.2, -0.15) is 23.3 Å². The lowest BCUT2D eigenvalue weighted by Gasteiger charge is -2.21. The van der Waals surface area contributed by atoms with Crippen molar-refractivity contribution >= 4 is 0 Å². The molecular formula is C22H26F3N5O3. The number of hydrogen-bond donors (Lipinski definition) is 1. The van der Waals surface area contributed by atoms with Crippen LogP contribution in [0.25, 0.3) is 11.1 Å². The number of aliphatic hydroxyl groups excluding tert-OH is 1. The van der Waals surface area contributed by atoms with Gasteiger partial charge < -0.3 is 14.6 Å². The predicted octanol–water partition coefficient (Wildman–Crippen LogP) is 4.00. The van der Waals surface area contributed by atoms with Crippen molar-refractivity contribution in [3.63, 3.8) is 0 Å². The summed E-state index contributed by atoms with van der Waals surface area (Å²) in [5, 5.41) is 13.6. The maximum Gasteiger partial charge on any atom is 0.420 e. The molecule has 0 bridgehead atoms. The van der Waals surface area contributed by atoms with Crippen LogP contribution in [0.15, 0.2) is 30.7 Å². The number of pyridine rings is 1. The summed E-state index contributed by atoms with van der Waals surface area (Å²) in [7, 11) is 3.04. The van der Waals surface area contributed by atoms with E-state index in [2.05, 4.69) is 20.1 Å². The first-order chi connectivity index (χ1) is 15.5. The van der Waals surface area contributed by atoms with Gasteiger partial charge in [0.25, 0.3) is 0 Å². The van der Waals surface area contributed by atoms with Crippen LogP contribution >= 0.6 is 0 Å². The normalized spacial score (nSPS) is 14.6. The largest absolute Gasteiger partial charge is 0.495 e. The second-order valence-corrected chi connectivity index (χ2v) is 7.88. The Hall–Kier alpha value is -3.21. The average molecular weight is 465 g/mol. The van der Waals surface area contributed by atoms with E-state index in [0.29, 0.717) is 11.6 Å². The van der Waals surface area contributed by atoms with Gasteiger partial charge in [0.1, 0.15) is 17.3 Å². The first kappa shape index (κ1) is 24.4. The van der Waals surface area contributed by atoms with Crippen molar-refractivity contribution < 1.29 is 27.8 Å². The van der Waals surface area contributed by atoms with Gasteiger partial charge in [-0.05, 0) is 25.0 Å². The molecule has 3 heterocycles. The zero-order valence-corrected chi connectivity index (χ0v) is 19.0. The number of aryl methyl sites for hydroxylation is 2. The van der Waals surface area contributed by atoms with E-state index >= 15 is 0 Å². The molecule has 3 aromatic rings. The molecule has 3 rings (SSSR count). The minimum absolute atomic E-state index is 0.00292. The molecule has 0 fully saturated rings. The van der Waals surface area contributed by atoms with Gasteiger partial charge in [0.2, 0.25) is 5.88 Å². The summed E-state index contributed by atoms with van der Waals surface area (Å²) in [6.07, 6.45) is -3.23. The molecule has 0 aliphatic carbocycles. The van der Waals surface area contributed by atoms with Crippen LogP contribution in [0.3, 0.4) is 0 Å². The minimum atomic E-state index is -4.87. The zero-order chi connectivity index (χ0) is 24.3. The molecule has 3 atom stereocenters. The minimum Gasteiger partial charge on any atom is -0.495 e. The van der Waals surface area contributed by atoms with Crippen LogP contribution in [-0.4, -0.2) is 49.7 Å². The molecule has 0 saturated heterocycles. The van der Waals surface area contributed by atoms with Crippen LogP contribution in [0, 0.1) is 12.8 Å². The van der Waals surface area contributed by atoms with Crippen molar-refractivity contribution in [1.82, 2.24) is 24.7 Å². The Bertz CT molecular complexity index is 1090. The fourth-order valence-electron chi connectivity index (χ4n) is 3.24. The molecule has 0 aromatic carbocycles. The van der Waals surface area contributed by atoms with Crippen LogP contribution in [0.2, 0.25) is 0 Å². The number of methoxy groups -OCH3 is 1. The van der Waals surface area contributed by atoms with E-state index < -0.39 is 18.0 Å². The number of hydrogen-bond acceptors (Lipinski definition) is 7. The van der Waals surface area contributed by atoms with Crippen LogP contribution in [0.1, 0.15) is 43.1 Å². The second-order valence-electron chi connectivity index (χ2n) is 7.88. The smallest absolute Gasteiger partial charge is 0.420 e. The molecule has 1 N–H and O–H groups in total. The quantitative estimate of drug-likeness (QED) is 0.537. The summed E-state index contributed by atoms with van der Waals surface area (Å²) < 4.78 is 51.8. The molecule has 0 spiro atoms. The zero-order valence-electron chi connectivity index (χ0n) is 19.0. The highest BCUT2D eigenvalue weighted by atomic mass is 19.4. The van der Waals surface area contributed by atoms with Crippen LogP contribution in [0.5, 0.6) is 11.6 Å². The highest BCUT2D eigenvalue weighted by Crippen LogP contribution is 2.39. The molecular weight excluding hydrogens is 439 g/mol. The number of aromatic nitrogens is 5. The van der Waals surface area contributed by atoms with Crippen molar-refractivity contribution in [2.24, 2.45) is 13.0 Å². The SMILES string of the molecule is COc1ccc([C@@H](C)[C@H](C)COc2nc(C)ncc2-c2cn(C)nc2C(O)C(F)(F)F)nc1. The summed E-state index contributed by atoms with van der Waals surface area (Å²) in [5.41, 5.74) is 0.587. The van der Waals surface area contributed by atoms with Crippen molar-refractivity contribution in [3.05, 3.63) is 47.9 Å². The van der Waals surface area contributed by atoms with Crippen LogP contribution in [0.4, 0.5) is 13.2 Å². The van der Waals surface area contributed by atoms with Crippen molar-refractivity contribution in [3.8, 4) is 22.8 Å². The van der Waals surface area contributed by atoms with Gasteiger partial charge in [-0.15, -0.1) is 0 Å². The fourth-order valence-corrected chi connectivity index (χ4v) is 3.24. The highest BCUT2D eigenvalue weighted by molar-refractivity contribution is 5.70. The maximum atomic E-state index is 13.2. The van der Waals surface area contributed by atoms with E-state index in [1.165, 1.54) is 24.1 Å². The van der Waals surface area contributed by atoms with Gasteiger partial charge in [-0.1, -0.05) is 13.8 Å². The first-order valence-electron chi connectivity index (χ1n) is 10.3. The van der Waals surface area contributed by atoms with E-state index in [1.54, 1.807) is 20.2 Å². The maximum absolute atomic E-state index is 13.2. The summed E-state index contributed by atoms with van der Waals surface area (Å²) in [6.45, 7) is 5.87. The Balaban J connectivity index is 1.85. The Morgan fingerprint density at radius 2 is 1.85 bits per heavy atom. The molecule has 0 aliphatic rings. The van der Waals surface area contributed by atoms with Gasteiger partial charge in [-0.3, -0.25) is 9.67 Å². The fraction of sp³-hybridized carbons (Fsp3) is 0.455. The monoisotopic (exact) mass is 465 g/mol. The van der Waals surface area contributed by atoms with E-state index in [1.807, 2.05) is 26.0 Å². The van der Waals surface area contributed by atoms with Crippen molar-refractivity contribution in [2.75, 3.05) is 13.7 Å². The first-order valence-corrected chi connectivity index (χ1v) is 10.3. The lowest BCUT2D eigenvalue weighted by molar-refractivity contribution is -0.207. The van der Waals surface area contributed by atoms with Gasteiger partial charge in [-0.25, -0.2) is 4.98 Å². The third-order valence-corrected chi connectivity index (χ3v) is 5.39. The Morgan fingerprint density at radius 1 is 1.12 bits per heavy atom. The number of aliphatic hydroxyl groups is 1. The molecule has 33 heavy (non-hydrogen) atoms. The molecule has 178 valence electrons. The lowest BCUT2D eigenvalue weighted by atomic mass is 9.93. The van der Waals surface area contributed by atoms with Gasteiger partial charge >= 0.3 is 6.18 Å². The van der Waals surface area contributed by atoms with E-state index in [9.17, 15) is 18.3 Å². The molecule has 0 saturated carbocycles. The second kappa shape index (κ2) is 9.74. The standard InChI is InChI=1S/C22H26F3N5O3/c1-12(13(2)18-7-6-15(32-5)8-27-18)11-33-21-16(9-26-14(3)28-21)17-10-30(4)29-19(17)20(31)22(23,24)25/h6-10,12-13,20,31H,11H2,1-5H3/t12-,13+,20?/m1/s1. The predicted molar refractivity (Wildman–Crippen MR) is 114 cm³/mol. The van der Waals surface area contributed by atoms with Crippen molar-refractivity contribution in [1.29, 1.82) is 0 Å².